The van der Waals surface area contributed by atoms with E-state index in [2.05, 4.69) is 54.8 Å². The van der Waals surface area contributed by atoms with Crippen LogP contribution in [0.5, 0.6) is 0 Å². The van der Waals surface area contributed by atoms with Gasteiger partial charge in [0.05, 0.1) is 9.77 Å². The molecule has 3 N–H and O–H groups in total. The summed E-state index contributed by atoms with van der Waals surface area (Å²) in [5.74, 6) is 0.773. The predicted octanol–water partition coefficient (Wildman–Crippen LogP) is 1.66. The molecule has 0 unspecified atom stereocenters. The molecule has 1 aliphatic heterocycles. The number of likely N-dealkylation sites (tertiary alicyclic amines) is 1. The van der Waals surface area contributed by atoms with Gasteiger partial charge in [-0.15, -0.1) is 0 Å². The quantitative estimate of drug-likeness (QED) is 0.565. The van der Waals surface area contributed by atoms with Gasteiger partial charge in [0.1, 0.15) is 12.1 Å². The Morgan fingerprint density at radius 1 is 1.46 bits per heavy atom. The van der Waals surface area contributed by atoms with E-state index in [0.29, 0.717) is 11.6 Å². The Balaban J connectivity index is 1.51. The molecule has 1 aliphatic rings. The van der Waals surface area contributed by atoms with E-state index < -0.39 is 0 Å². The number of halogens is 1. The Morgan fingerprint density at radius 3 is 3.08 bits per heavy atom. The lowest BCUT2D eigenvalue weighted by Gasteiger charge is -2.27. The molecule has 3 aromatic rings. The highest BCUT2D eigenvalue weighted by atomic mass is 127. The van der Waals surface area contributed by atoms with Crippen molar-refractivity contribution in [2.24, 2.45) is 0 Å². The number of fused-ring (bicyclic) bond motifs is 1. The number of hydrogen-bond acceptors (Lipinski definition) is 6. The third kappa shape index (κ3) is 3.02. The minimum absolute atomic E-state index is 0.0919. The SMILES string of the molecule is C[C@H]1CC[C@@H](CCc2cc(N)n3ncc(I)c3n2)N1C(=O)c1ncn[nH]1. The number of amides is 1. The Labute approximate surface area is 163 Å². The lowest BCUT2D eigenvalue weighted by atomic mass is 10.1. The fraction of sp³-hybridized carbons (Fsp3) is 0.438. The summed E-state index contributed by atoms with van der Waals surface area (Å²) in [5, 5.41) is 10.7. The van der Waals surface area contributed by atoms with E-state index in [9.17, 15) is 4.79 Å². The number of carbonyl (C=O) groups excluding carboxylic acids is 1. The van der Waals surface area contributed by atoms with Crippen LogP contribution in [0.15, 0.2) is 18.6 Å². The van der Waals surface area contributed by atoms with Crippen molar-refractivity contribution in [1.29, 1.82) is 0 Å². The number of aromatic amines is 1. The number of nitrogens with zero attached hydrogens (tertiary/aromatic N) is 6. The van der Waals surface area contributed by atoms with E-state index in [-0.39, 0.29) is 18.0 Å². The molecule has 3 aromatic heterocycles. The molecule has 0 saturated carbocycles. The van der Waals surface area contributed by atoms with Gasteiger partial charge < -0.3 is 10.6 Å². The van der Waals surface area contributed by atoms with Gasteiger partial charge in [0.15, 0.2) is 5.65 Å². The van der Waals surface area contributed by atoms with E-state index in [0.717, 1.165) is 40.6 Å². The monoisotopic (exact) mass is 466 g/mol. The van der Waals surface area contributed by atoms with Crippen molar-refractivity contribution < 1.29 is 4.79 Å². The number of nitrogen functional groups attached to an aromatic ring is 1. The van der Waals surface area contributed by atoms with Crippen molar-refractivity contribution in [3.63, 3.8) is 0 Å². The molecule has 4 rings (SSSR count). The first kappa shape index (κ1) is 17.2. The number of carbonyl (C=O) groups is 1. The van der Waals surface area contributed by atoms with Gasteiger partial charge in [-0.25, -0.2) is 9.97 Å². The molecule has 4 heterocycles. The lowest BCUT2D eigenvalue weighted by molar-refractivity contribution is 0.0660. The Hall–Kier alpha value is -2.24. The normalized spacial score (nSPS) is 20.2. The number of nitrogens with one attached hydrogen (secondary N) is 1. The molecule has 0 aliphatic carbocycles. The molecule has 10 heteroatoms. The summed E-state index contributed by atoms with van der Waals surface area (Å²) < 4.78 is 2.61. The maximum absolute atomic E-state index is 12.7. The average molecular weight is 466 g/mol. The summed E-state index contributed by atoms with van der Waals surface area (Å²) >= 11 is 2.20. The number of hydrogen-bond donors (Lipinski definition) is 2. The van der Waals surface area contributed by atoms with Crippen LogP contribution >= 0.6 is 22.6 Å². The third-order valence-electron chi connectivity index (χ3n) is 4.88. The van der Waals surface area contributed by atoms with Gasteiger partial charge in [0.25, 0.3) is 5.91 Å². The van der Waals surface area contributed by atoms with Crippen LogP contribution in [0.2, 0.25) is 0 Å². The second-order valence-electron chi connectivity index (χ2n) is 6.57. The number of rotatable bonds is 4. The van der Waals surface area contributed by atoms with Gasteiger partial charge in [0.2, 0.25) is 5.82 Å². The molecular weight excluding hydrogens is 447 g/mol. The van der Waals surface area contributed by atoms with Crippen LogP contribution in [0, 0.1) is 3.57 Å². The number of nitrogens with two attached hydrogens (primary N) is 1. The molecule has 0 radical (unpaired) electrons. The average Bonchev–Trinajstić information content (AvgIpc) is 3.34. The van der Waals surface area contributed by atoms with Crippen LogP contribution < -0.4 is 5.73 Å². The molecule has 0 bridgehead atoms. The first-order valence-electron chi connectivity index (χ1n) is 8.51. The van der Waals surface area contributed by atoms with Crippen molar-refractivity contribution in [3.05, 3.63) is 33.7 Å². The maximum Gasteiger partial charge on any atom is 0.291 e. The molecule has 1 amide bonds. The summed E-state index contributed by atoms with van der Waals surface area (Å²) in [6.45, 7) is 2.07. The van der Waals surface area contributed by atoms with E-state index in [1.165, 1.54) is 6.33 Å². The summed E-state index contributed by atoms with van der Waals surface area (Å²) in [7, 11) is 0. The zero-order valence-electron chi connectivity index (χ0n) is 14.3. The second kappa shape index (κ2) is 6.82. The summed E-state index contributed by atoms with van der Waals surface area (Å²) in [6, 6.07) is 2.21. The van der Waals surface area contributed by atoms with Crippen molar-refractivity contribution in [2.45, 2.75) is 44.7 Å². The van der Waals surface area contributed by atoms with Crippen LogP contribution in [0.1, 0.15) is 42.5 Å². The zero-order valence-corrected chi connectivity index (χ0v) is 16.4. The second-order valence-corrected chi connectivity index (χ2v) is 7.73. The molecule has 9 nitrogen and oxygen atoms in total. The van der Waals surface area contributed by atoms with Crippen LogP contribution in [-0.4, -0.2) is 52.7 Å². The molecule has 1 saturated heterocycles. The van der Waals surface area contributed by atoms with E-state index in [1.807, 2.05) is 11.0 Å². The Morgan fingerprint density at radius 2 is 2.31 bits per heavy atom. The number of anilines is 1. The molecule has 2 atom stereocenters. The van der Waals surface area contributed by atoms with Gasteiger partial charge in [0, 0.05) is 23.8 Å². The van der Waals surface area contributed by atoms with Gasteiger partial charge >= 0.3 is 0 Å². The van der Waals surface area contributed by atoms with Gasteiger partial charge in [-0.1, -0.05) is 0 Å². The van der Waals surface area contributed by atoms with E-state index in [4.69, 9.17) is 5.73 Å². The van der Waals surface area contributed by atoms with Crippen molar-refractivity contribution in [1.82, 2.24) is 34.7 Å². The predicted molar refractivity (Wildman–Crippen MR) is 103 cm³/mol. The smallest absolute Gasteiger partial charge is 0.291 e. The highest BCUT2D eigenvalue weighted by molar-refractivity contribution is 14.1. The first-order chi connectivity index (χ1) is 12.5. The van der Waals surface area contributed by atoms with Crippen molar-refractivity contribution >= 4 is 40.0 Å². The third-order valence-corrected chi connectivity index (χ3v) is 5.64. The van der Waals surface area contributed by atoms with Crippen molar-refractivity contribution in [2.75, 3.05) is 5.73 Å². The van der Waals surface area contributed by atoms with Gasteiger partial charge in [-0.2, -0.15) is 14.7 Å². The molecule has 26 heavy (non-hydrogen) atoms. The minimum Gasteiger partial charge on any atom is -0.384 e. The number of H-pyrrole nitrogens is 1. The Kier molecular flexibility index (Phi) is 4.51. The highest BCUT2D eigenvalue weighted by Crippen LogP contribution is 2.28. The van der Waals surface area contributed by atoms with Crippen LogP contribution in [0.25, 0.3) is 5.65 Å². The lowest BCUT2D eigenvalue weighted by Crippen LogP contribution is -2.40. The van der Waals surface area contributed by atoms with E-state index >= 15 is 0 Å². The standard InChI is InChI=1S/C16H19IN8O/c1-9-2-4-11(24(9)16(26)14-19-8-20-23-14)5-3-10-6-13(18)25-15(22-10)12(17)7-21-25/h6-9,11H,2-5,18H2,1H3,(H,19,20,23)/t9-,11-/m0/s1. The van der Waals surface area contributed by atoms with Gasteiger partial charge in [-0.3, -0.25) is 9.89 Å². The summed E-state index contributed by atoms with van der Waals surface area (Å²) in [4.78, 5) is 23.3. The topological polar surface area (TPSA) is 118 Å². The molecule has 1 fully saturated rings. The number of aryl methyl sites for hydroxylation is 1. The first-order valence-corrected chi connectivity index (χ1v) is 9.59. The van der Waals surface area contributed by atoms with Crippen LogP contribution in [0.4, 0.5) is 5.82 Å². The van der Waals surface area contributed by atoms with Crippen LogP contribution in [-0.2, 0) is 6.42 Å². The summed E-state index contributed by atoms with van der Waals surface area (Å²) in [6.07, 6.45) is 6.65. The molecular formula is C16H19IN8O. The molecule has 0 aromatic carbocycles. The molecule has 136 valence electrons. The minimum atomic E-state index is -0.0919. The van der Waals surface area contributed by atoms with Gasteiger partial charge in [-0.05, 0) is 55.2 Å². The van der Waals surface area contributed by atoms with Crippen LogP contribution in [0.3, 0.4) is 0 Å². The fourth-order valence-electron chi connectivity index (χ4n) is 3.61. The van der Waals surface area contributed by atoms with E-state index in [1.54, 1.807) is 10.7 Å². The zero-order chi connectivity index (χ0) is 18.3. The largest absolute Gasteiger partial charge is 0.384 e. The maximum atomic E-state index is 12.7. The van der Waals surface area contributed by atoms with Crippen molar-refractivity contribution in [3.8, 4) is 0 Å². The molecule has 0 spiro atoms. The summed E-state index contributed by atoms with van der Waals surface area (Å²) in [5.41, 5.74) is 7.78. The number of aromatic nitrogens is 6. The fourth-order valence-corrected chi connectivity index (χ4v) is 4.08. The highest BCUT2D eigenvalue weighted by Gasteiger charge is 2.35. The Bertz CT molecular complexity index is 937.